The first kappa shape index (κ1) is 24.7. The van der Waals surface area contributed by atoms with Gasteiger partial charge < -0.3 is 19.5 Å². The molecule has 0 saturated carbocycles. The summed E-state index contributed by atoms with van der Waals surface area (Å²) in [6.45, 7) is 4.40. The number of Topliss-reactive ketones (excluding diaryl/α,β-unsaturated/α-hetero) is 1. The molecular weight excluding hydrogens is 458 g/mol. The van der Waals surface area contributed by atoms with Gasteiger partial charge in [0.15, 0.2) is 0 Å². The molecule has 1 aliphatic heterocycles. The van der Waals surface area contributed by atoms with E-state index in [2.05, 4.69) is 0 Å². The van der Waals surface area contributed by atoms with Crippen LogP contribution in [0.2, 0.25) is 0 Å². The molecule has 4 rings (SSSR count). The number of ether oxygens (including phenoxy) is 2. The van der Waals surface area contributed by atoms with Gasteiger partial charge in [0.25, 0.3) is 11.7 Å². The third kappa shape index (κ3) is 4.73. The number of benzene rings is 3. The molecular formula is C29H27NO6. The quantitative estimate of drug-likeness (QED) is 0.224. The number of carbonyl (C=O) groups excluding carboxylic acids is 3. The van der Waals surface area contributed by atoms with Crippen LogP contribution in [0.5, 0.6) is 5.75 Å². The highest BCUT2D eigenvalue weighted by atomic mass is 16.5. The summed E-state index contributed by atoms with van der Waals surface area (Å²) >= 11 is 0. The first-order valence-electron chi connectivity index (χ1n) is 11.6. The van der Waals surface area contributed by atoms with Crippen molar-refractivity contribution >= 4 is 23.4 Å². The van der Waals surface area contributed by atoms with Crippen molar-refractivity contribution in [2.45, 2.75) is 26.4 Å². The molecule has 7 nitrogen and oxygen atoms in total. The van der Waals surface area contributed by atoms with Gasteiger partial charge in [0, 0.05) is 12.1 Å². The lowest BCUT2D eigenvalue weighted by Crippen LogP contribution is -2.29. The molecule has 184 valence electrons. The van der Waals surface area contributed by atoms with Crippen molar-refractivity contribution in [2.24, 2.45) is 0 Å². The van der Waals surface area contributed by atoms with E-state index in [9.17, 15) is 19.5 Å². The lowest BCUT2D eigenvalue weighted by atomic mass is 9.92. The summed E-state index contributed by atoms with van der Waals surface area (Å²) in [4.78, 5) is 39.8. The lowest BCUT2D eigenvalue weighted by molar-refractivity contribution is -0.140. The number of hydrogen-bond acceptors (Lipinski definition) is 6. The highest BCUT2D eigenvalue weighted by Gasteiger charge is 2.46. The van der Waals surface area contributed by atoms with Gasteiger partial charge in [0.1, 0.15) is 11.5 Å². The Kier molecular flexibility index (Phi) is 7.20. The summed E-state index contributed by atoms with van der Waals surface area (Å²) in [5.74, 6) is -1.51. The largest absolute Gasteiger partial charge is 0.507 e. The van der Waals surface area contributed by atoms with E-state index in [0.717, 1.165) is 16.7 Å². The van der Waals surface area contributed by atoms with Crippen molar-refractivity contribution < 1.29 is 29.0 Å². The van der Waals surface area contributed by atoms with Crippen molar-refractivity contribution in [2.75, 3.05) is 13.7 Å². The van der Waals surface area contributed by atoms with E-state index in [1.807, 2.05) is 38.1 Å². The Hall–Kier alpha value is -4.39. The van der Waals surface area contributed by atoms with Gasteiger partial charge >= 0.3 is 5.97 Å². The Morgan fingerprint density at radius 1 is 0.944 bits per heavy atom. The number of hydrogen-bond donors (Lipinski definition) is 1. The molecule has 0 bridgehead atoms. The number of aliphatic hydroxyl groups excluding tert-OH is 1. The Morgan fingerprint density at radius 2 is 1.58 bits per heavy atom. The number of carbonyl (C=O) groups is 3. The van der Waals surface area contributed by atoms with Crippen molar-refractivity contribution in [1.29, 1.82) is 0 Å². The van der Waals surface area contributed by atoms with Crippen LogP contribution in [0, 0.1) is 6.92 Å². The third-order valence-electron chi connectivity index (χ3n) is 6.19. The van der Waals surface area contributed by atoms with Crippen molar-refractivity contribution in [3.63, 3.8) is 0 Å². The molecule has 1 N–H and O–H groups in total. The standard InChI is InChI=1S/C29H27NO6/c1-4-36-22-15-13-20(14-16-22)26(31)24-25(23-8-6-5-7-18(23)2)30(28(33)27(24)32)17-19-9-11-21(12-10-19)29(34)35-3/h5-16,25,31H,4,17H2,1-3H3/b26-24+. The van der Waals surface area contributed by atoms with E-state index in [1.54, 1.807) is 48.5 Å². The van der Waals surface area contributed by atoms with Crippen LogP contribution in [-0.4, -0.2) is 41.4 Å². The topological polar surface area (TPSA) is 93.1 Å². The van der Waals surface area contributed by atoms with E-state index in [1.165, 1.54) is 12.0 Å². The number of esters is 1. The predicted molar refractivity (Wildman–Crippen MR) is 134 cm³/mol. The summed E-state index contributed by atoms with van der Waals surface area (Å²) in [6.07, 6.45) is 0. The zero-order valence-electron chi connectivity index (χ0n) is 20.4. The Morgan fingerprint density at radius 3 is 2.19 bits per heavy atom. The van der Waals surface area contributed by atoms with E-state index in [0.29, 0.717) is 23.5 Å². The van der Waals surface area contributed by atoms with E-state index in [-0.39, 0.29) is 17.9 Å². The molecule has 1 atom stereocenters. The molecule has 1 saturated heterocycles. The molecule has 0 aliphatic carbocycles. The van der Waals surface area contributed by atoms with E-state index in [4.69, 9.17) is 9.47 Å². The minimum Gasteiger partial charge on any atom is -0.507 e. The summed E-state index contributed by atoms with van der Waals surface area (Å²) in [6, 6.07) is 20.1. The zero-order chi connectivity index (χ0) is 25.8. The molecule has 0 aromatic heterocycles. The van der Waals surface area contributed by atoms with Crippen LogP contribution in [0.4, 0.5) is 0 Å². The van der Waals surface area contributed by atoms with Crippen molar-refractivity contribution in [1.82, 2.24) is 4.90 Å². The number of methoxy groups -OCH3 is 1. The van der Waals surface area contributed by atoms with Gasteiger partial charge in [-0.2, -0.15) is 0 Å². The SMILES string of the molecule is CCOc1ccc(/C(O)=C2\C(=O)C(=O)N(Cc3ccc(C(=O)OC)cc3)C2c2ccccc2C)cc1. The maximum Gasteiger partial charge on any atom is 0.337 e. The van der Waals surface area contributed by atoms with Gasteiger partial charge in [-0.05, 0) is 66.9 Å². The van der Waals surface area contributed by atoms with E-state index < -0.39 is 23.7 Å². The second-order valence-corrected chi connectivity index (χ2v) is 8.43. The molecule has 3 aromatic rings. The maximum atomic E-state index is 13.3. The van der Waals surface area contributed by atoms with Crippen LogP contribution in [0.3, 0.4) is 0 Å². The van der Waals surface area contributed by atoms with Crippen LogP contribution in [0.1, 0.15) is 45.6 Å². The smallest absolute Gasteiger partial charge is 0.337 e. The monoisotopic (exact) mass is 485 g/mol. The molecule has 0 spiro atoms. The van der Waals surface area contributed by atoms with Crippen molar-refractivity contribution in [3.05, 3.63) is 106 Å². The summed E-state index contributed by atoms with van der Waals surface area (Å²) in [5.41, 5.74) is 3.18. The minimum atomic E-state index is -0.780. The fraction of sp³-hybridized carbons (Fsp3) is 0.207. The Balaban J connectivity index is 1.78. The van der Waals surface area contributed by atoms with Gasteiger partial charge in [-0.15, -0.1) is 0 Å². The molecule has 7 heteroatoms. The van der Waals surface area contributed by atoms with Gasteiger partial charge in [-0.25, -0.2) is 4.79 Å². The number of nitrogens with zero attached hydrogens (tertiary/aromatic N) is 1. The average Bonchev–Trinajstić information content (AvgIpc) is 3.14. The normalized spacial score (nSPS) is 16.8. The highest BCUT2D eigenvalue weighted by Crippen LogP contribution is 2.41. The maximum absolute atomic E-state index is 13.3. The van der Waals surface area contributed by atoms with E-state index >= 15 is 0 Å². The van der Waals surface area contributed by atoms with Gasteiger partial charge in [-0.3, -0.25) is 9.59 Å². The number of aliphatic hydroxyl groups is 1. The number of likely N-dealkylation sites (tertiary alicyclic amines) is 1. The lowest BCUT2D eigenvalue weighted by Gasteiger charge is -2.26. The molecule has 1 heterocycles. The second-order valence-electron chi connectivity index (χ2n) is 8.43. The first-order chi connectivity index (χ1) is 17.3. The zero-order valence-corrected chi connectivity index (χ0v) is 20.4. The minimum absolute atomic E-state index is 0.0321. The van der Waals surface area contributed by atoms with Gasteiger partial charge in [-0.1, -0.05) is 36.4 Å². The predicted octanol–water partition coefficient (Wildman–Crippen LogP) is 4.80. The molecule has 1 fully saturated rings. The fourth-order valence-corrected chi connectivity index (χ4v) is 4.35. The molecule has 0 radical (unpaired) electrons. The molecule has 1 aliphatic rings. The van der Waals surface area contributed by atoms with Crippen LogP contribution < -0.4 is 4.74 Å². The van der Waals surface area contributed by atoms with Crippen LogP contribution in [0.15, 0.2) is 78.4 Å². The van der Waals surface area contributed by atoms with Crippen molar-refractivity contribution in [3.8, 4) is 5.75 Å². The highest BCUT2D eigenvalue weighted by molar-refractivity contribution is 6.46. The number of ketones is 1. The van der Waals surface area contributed by atoms with Crippen LogP contribution in [-0.2, 0) is 20.9 Å². The van der Waals surface area contributed by atoms with Gasteiger partial charge in [0.05, 0.1) is 30.9 Å². The molecule has 1 amide bonds. The number of rotatable bonds is 7. The van der Waals surface area contributed by atoms with Gasteiger partial charge in [0.2, 0.25) is 0 Å². The molecule has 1 unspecified atom stereocenters. The average molecular weight is 486 g/mol. The first-order valence-corrected chi connectivity index (χ1v) is 11.6. The van der Waals surface area contributed by atoms with Crippen LogP contribution >= 0.6 is 0 Å². The number of aryl methyl sites for hydroxylation is 1. The molecule has 3 aromatic carbocycles. The summed E-state index contributed by atoms with van der Waals surface area (Å²) < 4.78 is 10.2. The molecule has 36 heavy (non-hydrogen) atoms. The second kappa shape index (κ2) is 10.5. The number of amides is 1. The summed E-state index contributed by atoms with van der Waals surface area (Å²) in [5, 5.41) is 11.2. The third-order valence-corrected chi connectivity index (χ3v) is 6.19. The summed E-state index contributed by atoms with van der Waals surface area (Å²) in [7, 11) is 1.31. The Bertz CT molecular complexity index is 1320. The fourth-order valence-electron chi connectivity index (χ4n) is 4.35. The Labute approximate surface area is 209 Å². The van der Waals surface area contributed by atoms with Crippen LogP contribution in [0.25, 0.3) is 5.76 Å².